The van der Waals surface area contributed by atoms with Gasteiger partial charge in [0, 0.05) is 41.2 Å². The van der Waals surface area contributed by atoms with E-state index in [1.165, 1.54) is 0 Å². The van der Waals surface area contributed by atoms with E-state index in [-0.39, 0.29) is 5.91 Å². The van der Waals surface area contributed by atoms with E-state index in [0.717, 1.165) is 40.8 Å². The van der Waals surface area contributed by atoms with Gasteiger partial charge in [-0.3, -0.25) is 9.78 Å². The third kappa shape index (κ3) is 3.62. The van der Waals surface area contributed by atoms with Crippen molar-refractivity contribution in [2.75, 3.05) is 14.2 Å². The minimum absolute atomic E-state index is 0.0301. The molecule has 1 saturated carbocycles. The van der Waals surface area contributed by atoms with Crippen molar-refractivity contribution >= 4 is 28.4 Å². The van der Waals surface area contributed by atoms with Crippen LogP contribution in [0.5, 0.6) is 5.75 Å². The monoisotopic (exact) mass is 380 g/mol. The van der Waals surface area contributed by atoms with Crippen LogP contribution in [-0.2, 0) is 6.54 Å². The second-order valence-corrected chi connectivity index (χ2v) is 7.44. The molecule has 3 aromatic rings. The molecule has 1 aliphatic carbocycles. The Hall–Kier alpha value is -2.59. The van der Waals surface area contributed by atoms with Gasteiger partial charge >= 0.3 is 0 Å². The number of hydrogen-bond donors (Lipinski definition) is 0. The van der Waals surface area contributed by atoms with Crippen molar-refractivity contribution < 1.29 is 9.53 Å². The van der Waals surface area contributed by atoms with Crippen molar-refractivity contribution in [2.24, 2.45) is 0 Å². The summed E-state index contributed by atoms with van der Waals surface area (Å²) in [7, 11) is 3.42. The van der Waals surface area contributed by atoms with Crippen LogP contribution in [0.25, 0.3) is 10.9 Å². The predicted molar refractivity (Wildman–Crippen MR) is 108 cm³/mol. The molecule has 27 heavy (non-hydrogen) atoms. The van der Waals surface area contributed by atoms with Gasteiger partial charge < -0.3 is 9.64 Å². The van der Waals surface area contributed by atoms with Crippen molar-refractivity contribution in [3.63, 3.8) is 0 Å². The summed E-state index contributed by atoms with van der Waals surface area (Å²) in [6, 6.07) is 15.2. The number of methoxy groups -OCH3 is 1. The molecule has 4 rings (SSSR count). The number of aromatic nitrogens is 1. The minimum Gasteiger partial charge on any atom is -0.496 e. The SMILES string of the molecule is COc1ccc(Cl)cc1CN(C)C(=O)c1cc(C2CC2)nc2ccccc12. The largest absolute Gasteiger partial charge is 0.496 e. The van der Waals surface area contributed by atoms with Crippen LogP contribution in [0.2, 0.25) is 5.02 Å². The normalized spacial score (nSPS) is 13.6. The van der Waals surface area contributed by atoms with E-state index in [4.69, 9.17) is 21.3 Å². The van der Waals surface area contributed by atoms with Crippen LogP contribution in [0.1, 0.15) is 40.4 Å². The lowest BCUT2D eigenvalue weighted by atomic mass is 10.0. The zero-order valence-corrected chi connectivity index (χ0v) is 16.2. The summed E-state index contributed by atoms with van der Waals surface area (Å²) in [4.78, 5) is 19.7. The van der Waals surface area contributed by atoms with E-state index < -0.39 is 0 Å². The number of halogens is 1. The van der Waals surface area contributed by atoms with Crippen molar-refractivity contribution in [1.29, 1.82) is 0 Å². The van der Waals surface area contributed by atoms with Crippen molar-refractivity contribution in [3.8, 4) is 5.75 Å². The highest BCUT2D eigenvalue weighted by Gasteiger charge is 2.27. The standard InChI is InChI=1S/C22H21ClN2O2/c1-25(13-15-11-16(23)9-10-21(15)27-2)22(26)18-12-20(14-7-8-14)24-19-6-4-3-5-17(18)19/h3-6,9-12,14H,7-8,13H2,1-2H3. The molecule has 0 saturated heterocycles. The highest BCUT2D eigenvalue weighted by molar-refractivity contribution is 6.30. The van der Waals surface area contributed by atoms with Crippen molar-refractivity contribution in [3.05, 3.63) is 70.4 Å². The Morgan fingerprint density at radius 1 is 1.22 bits per heavy atom. The Labute approximate surface area is 163 Å². The van der Waals surface area contributed by atoms with Crippen molar-refractivity contribution in [2.45, 2.75) is 25.3 Å². The number of nitrogens with zero attached hydrogens (tertiary/aromatic N) is 2. The third-order valence-corrected chi connectivity index (χ3v) is 5.19. The Bertz CT molecular complexity index is 1010. The minimum atomic E-state index is -0.0301. The summed E-state index contributed by atoms with van der Waals surface area (Å²) >= 11 is 6.13. The van der Waals surface area contributed by atoms with E-state index in [0.29, 0.717) is 23.0 Å². The summed E-state index contributed by atoms with van der Waals surface area (Å²) in [5, 5.41) is 1.51. The maximum absolute atomic E-state index is 13.3. The summed E-state index contributed by atoms with van der Waals surface area (Å²) in [6.45, 7) is 0.415. The first-order chi connectivity index (χ1) is 13.1. The van der Waals surface area contributed by atoms with Crippen LogP contribution >= 0.6 is 11.6 Å². The quantitative estimate of drug-likeness (QED) is 0.622. The van der Waals surface area contributed by atoms with E-state index >= 15 is 0 Å². The number of pyridine rings is 1. The number of hydrogen-bond acceptors (Lipinski definition) is 3. The van der Waals surface area contributed by atoms with Crippen LogP contribution in [0, 0.1) is 0 Å². The fraction of sp³-hybridized carbons (Fsp3) is 0.273. The van der Waals surface area contributed by atoms with Gasteiger partial charge in [0.25, 0.3) is 5.91 Å². The molecule has 0 radical (unpaired) electrons. The number of carbonyl (C=O) groups is 1. The van der Waals surface area contributed by atoms with Gasteiger partial charge in [0.1, 0.15) is 5.75 Å². The van der Waals surface area contributed by atoms with Crippen LogP contribution < -0.4 is 4.74 Å². The van der Waals surface area contributed by atoms with Gasteiger partial charge in [0.05, 0.1) is 18.2 Å². The summed E-state index contributed by atoms with van der Waals surface area (Å²) in [6.07, 6.45) is 2.29. The summed E-state index contributed by atoms with van der Waals surface area (Å²) in [5.74, 6) is 1.18. The molecule has 0 aliphatic heterocycles. The third-order valence-electron chi connectivity index (χ3n) is 4.96. The molecule has 0 spiro atoms. The molecule has 138 valence electrons. The van der Waals surface area contributed by atoms with E-state index in [2.05, 4.69) is 0 Å². The number of rotatable bonds is 5. The first-order valence-electron chi connectivity index (χ1n) is 9.04. The molecule has 0 bridgehead atoms. The average Bonchev–Trinajstić information content (AvgIpc) is 3.52. The van der Waals surface area contributed by atoms with Gasteiger partial charge in [-0.25, -0.2) is 0 Å². The van der Waals surface area contributed by atoms with Gasteiger partial charge in [-0.2, -0.15) is 0 Å². The van der Waals surface area contributed by atoms with Crippen LogP contribution in [0.4, 0.5) is 0 Å². The molecule has 1 aromatic heterocycles. The number of benzene rings is 2. The molecule has 1 aliphatic rings. The molecular weight excluding hydrogens is 360 g/mol. The van der Waals surface area contributed by atoms with Crippen LogP contribution in [-0.4, -0.2) is 29.9 Å². The second-order valence-electron chi connectivity index (χ2n) is 7.00. The smallest absolute Gasteiger partial charge is 0.254 e. The van der Waals surface area contributed by atoms with E-state index in [1.54, 1.807) is 25.1 Å². The van der Waals surface area contributed by atoms with Gasteiger partial charge in [0.2, 0.25) is 0 Å². The van der Waals surface area contributed by atoms with Gasteiger partial charge in [-0.1, -0.05) is 29.8 Å². The molecule has 1 fully saturated rings. The maximum Gasteiger partial charge on any atom is 0.254 e. The van der Waals surface area contributed by atoms with Gasteiger partial charge in [-0.05, 0) is 43.2 Å². The Morgan fingerprint density at radius 3 is 2.74 bits per heavy atom. The predicted octanol–water partition coefficient (Wildman–Crippen LogP) is 5.05. The molecule has 0 unspecified atom stereocenters. The second kappa shape index (κ2) is 7.20. The zero-order chi connectivity index (χ0) is 19.0. The molecule has 2 aromatic carbocycles. The first-order valence-corrected chi connectivity index (χ1v) is 9.42. The van der Waals surface area contributed by atoms with E-state index in [9.17, 15) is 4.79 Å². The van der Waals surface area contributed by atoms with Gasteiger partial charge in [0.15, 0.2) is 0 Å². The average molecular weight is 381 g/mol. The lowest BCUT2D eigenvalue weighted by Gasteiger charge is -2.20. The van der Waals surface area contributed by atoms with Crippen LogP contribution in [0.3, 0.4) is 0 Å². The number of carbonyl (C=O) groups excluding carboxylic acids is 1. The topological polar surface area (TPSA) is 42.4 Å². The Balaban J connectivity index is 1.69. The van der Waals surface area contributed by atoms with Crippen molar-refractivity contribution in [1.82, 2.24) is 9.88 Å². The highest BCUT2D eigenvalue weighted by atomic mass is 35.5. The lowest BCUT2D eigenvalue weighted by Crippen LogP contribution is -2.27. The Kier molecular flexibility index (Phi) is 4.75. The van der Waals surface area contributed by atoms with Crippen LogP contribution in [0.15, 0.2) is 48.5 Å². The molecule has 0 N–H and O–H groups in total. The fourth-order valence-corrected chi connectivity index (χ4v) is 3.56. The number of ether oxygens (including phenoxy) is 1. The highest BCUT2D eigenvalue weighted by Crippen LogP contribution is 2.40. The van der Waals surface area contributed by atoms with Gasteiger partial charge in [-0.15, -0.1) is 0 Å². The number of amides is 1. The first kappa shape index (κ1) is 17.8. The molecular formula is C22H21ClN2O2. The summed E-state index contributed by atoms with van der Waals surface area (Å²) < 4.78 is 5.41. The fourth-order valence-electron chi connectivity index (χ4n) is 3.36. The maximum atomic E-state index is 13.3. The van der Waals surface area contributed by atoms with E-state index in [1.807, 2.05) is 42.5 Å². The molecule has 0 atom stereocenters. The molecule has 1 heterocycles. The summed E-state index contributed by atoms with van der Waals surface area (Å²) in [5.41, 5.74) is 3.47. The molecule has 1 amide bonds. The Morgan fingerprint density at radius 2 is 2.00 bits per heavy atom. The zero-order valence-electron chi connectivity index (χ0n) is 15.4. The molecule has 4 nitrogen and oxygen atoms in total. The number of para-hydroxylation sites is 1. The number of fused-ring (bicyclic) bond motifs is 1. The lowest BCUT2D eigenvalue weighted by molar-refractivity contribution is 0.0786. The molecule has 5 heteroatoms.